The molecule has 1 amide bonds. The lowest BCUT2D eigenvalue weighted by Gasteiger charge is -2.05. The maximum absolute atomic E-state index is 12.9. The van der Waals surface area contributed by atoms with Crippen molar-refractivity contribution in [3.63, 3.8) is 0 Å². The number of nitrogens with two attached hydrogens (primary N) is 1. The number of hydrogen-bond acceptors (Lipinski definition) is 3. The summed E-state index contributed by atoms with van der Waals surface area (Å²) >= 11 is 0. The lowest BCUT2D eigenvalue weighted by atomic mass is 10.2. The second kappa shape index (κ2) is 4.29. The molecule has 0 aliphatic carbocycles. The molecular weight excluding hydrogens is 223 g/mol. The fourth-order valence-corrected chi connectivity index (χ4v) is 1.41. The quantitative estimate of drug-likeness (QED) is 0.784. The van der Waals surface area contributed by atoms with E-state index in [0.29, 0.717) is 5.69 Å². The predicted molar refractivity (Wildman–Crippen MR) is 62.2 cm³/mol. The highest BCUT2D eigenvalue weighted by Gasteiger charge is 2.13. The van der Waals surface area contributed by atoms with Crippen LogP contribution in [-0.2, 0) is 0 Å². The monoisotopic (exact) mass is 234 g/mol. The van der Waals surface area contributed by atoms with Crippen molar-refractivity contribution >= 4 is 17.3 Å². The summed E-state index contributed by atoms with van der Waals surface area (Å²) in [4.78, 5) is 11.8. The van der Waals surface area contributed by atoms with Crippen LogP contribution in [0.3, 0.4) is 0 Å². The molecule has 0 aliphatic rings. The van der Waals surface area contributed by atoms with Gasteiger partial charge in [-0.25, -0.2) is 4.39 Å². The minimum Gasteiger partial charge on any atom is -0.459 e. The van der Waals surface area contributed by atoms with E-state index in [1.807, 2.05) is 0 Å². The van der Waals surface area contributed by atoms with Gasteiger partial charge in [0.05, 0.1) is 12.0 Å². The number of rotatable bonds is 2. The number of anilines is 2. The Kier molecular flexibility index (Phi) is 2.82. The largest absolute Gasteiger partial charge is 0.459 e. The minimum atomic E-state index is -0.517. The Bertz CT molecular complexity index is 563. The third-order valence-electron chi connectivity index (χ3n) is 2.32. The molecule has 2 rings (SSSR count). The average molecular weight is 234 g/mol. The average Bonchev–Trinajstić information content (AvgIpc) is 2.70. The van der Waals surface area contributed by atoms with Crippen LogP contribution in [-0.4, -0.2) is 5.91 Å². The molecule has 0 saturated carbocycles. The Morgan fingerprint density at radius 2 is 2.18 bits per heavy atom. The summed E-state index contributed by atoms with van der Waals surface area (Å²) in [5.41, 5.74) is 6.54. The van der Waals surface area contributed by atoms with Gasteiger partial charge in [0.15, 0.2) is 5.76 Å². The summed E-state index contributed by atoms with van der Waals surface area (Å²) in [5.74, 6) is -0.677. The van der Waals surface area contributed by atoms with Gasteiger partial charge in [-0.1, -0.05) is 0 Å². The molecule has 0 unspecified atom stereocenters. The summed E-state index contributed by atoms with van der Waals surface area (Å²) in [5, 5.41) is 2.57. The van der Waals surface area contributed by atoms with E-state index in [2.05, 4.69) is 5.32 Å². The van der Waals surface area contributed by atoms with Gasteiger partial charge in [0.1, 0.15) is 5.82 Å². The minimum absolute atomic E-state index is 0.0148. The van der Waals surface area contributed by atoms with Crippen LogP contribution in [0.25, 0.3) is 0 Å². The number of furan rings is 1. The topological polar surface area (TPSA) is 68.3 Å². The summed E-state index contributed by atoms with van der Waals surface area (Å²) in [6, 6.07) is 5.67. The molecule has 88 valence electrons. The first-order valence-electron chi connectivity index (χ1n) is 4.98. The van der Waals surface area contributed by atoms with Crippen molar-refractivity contribution in [2.45, 2.75) is 6.92 Å². The number of benzene rings is 1. The van der Waals surface area contributed by atoms with Gasteiger partial charge in [-0.2, -0.15) is 0 Å². The Labute approximate surface area is 97.2 Å². The van der Waals surface area contributed by atoms with Crippen LogP contribution >= 0.6 is 0 Å². The first-order chi connectivity index (χ1) is 8.08. The standard InChI is InChI=1S/C12H11FN2O2/c1-7-4-5-17-11(7)12(16)15-8-2-3-9(13)10(14)6-8/h2-6H,14H2,1H3,(H,15,16). The predicted octanol–water partition coefficient (Wildman–Crippen LogP) is 2.56. The van der Waals surface area contributed by atoms with Crippen LogP contribution in [0.15, 0.2) is 34.9 Å². The summed E-state index contributed by atoms with van der Waals surface area (Å²) in [6.07, 6.45) is 1.43. The molecule has 1 aromatic carbocycles. The van der Waals surface area contributed by atoms with Crippen LogP contribution in [0.5, 0.6) is 0 Å². The van der Waals surface area contributed by atoms with Crippen LogP contribution in [0.4, 0.5) is 15.8 Å². The second-order valence-electron chi connectivity index (χ2n) is 3.62. The van der Waals surface area contributed by atoms with Crippen LogP contribution in [0, 0.1) is 12.7 Å². The molecule has 0 atom stereocenters. The van der Waals surface area contributed by atoms with E-state index in [4.69, 9.17) is 10.2 Å². The summed E-state index contributed by atoms with van der Waals surface area (Å²) < 4.78 is 18.0. The third kappa shape index (κ3) is 2.28. The van der Waals surface area contributed by atoms with E-state index in [-0.39, 0.29) is 11.4 Å². The molecule has 0 saturated heterocycles. The van der Waals surface area contributed by atoms with Gasteiger partial charge >= 0.3 is 0 Å². The zero-order valence-corrected chi connectivity index (χ0v) is 9.16. The van der Waals surface area contributed by atoms with E-state index < -0.39 is 11.7 Å². The highest BCUT2D eigenvalue weighted by atomic mass is 19.1. The second-order valence-corrected chi connectivity index (χ2v) is 3.62. The molecule has 0 aliphatic heterocycles. The van der Waals surface area contributed by atoms with Gasteiger partial charge in [0.2, 0.25) is 0 Å². The zero-order valence-electron chi connectivity index (χ0n) is 9.16. The Morgan fingerprint density at radius 1 is 1.41 bits per heavy atom. The molecule has 2 aromatic rings. The molecule has 1 heterocycles. The van der Waals surface area contributed by atoms with Crippen LogP contribution in [0.1, 0.15) is 16.1 Å². The number of nitrogens with one attached hydrogen (secondary N) is 1. The van der Waals surface area contributed by atoms with Crippen molar-refractivity contribution in [2.75, 3.05) is 11.1 Å². The van der Waals surface area contributed by atoms with E-state index in [1.165, 1.54) is 24.5 Å². The lowest BCUT2D eigenvalue weighted by Crippen LogP contribution is -2.12. The smallest absolute Gasteiger partial charge is 0.291 e. The van der Waals surface area contributed by atoms with Gasteiger partial charge in [-0.3, -0.25) is 4.79 Å². The molecule has 1 aromatic heterocycles. The van der Waals surface area contributed by atoms with Crippen molar-refractivity contribution in [2.24, 2.45) is 0 Å². The normalized spacial score (nSPS) is 10.2. The molecule has 0 bridgehead atoms. The molecule has 0 fully saturated rings. The maximum atomic E-state index is 12.9. The fraction of sp³-hybridized carbons (Fsp3) is 0.0833. The molecule has 4 nitrogen and oxygen atoms in total. The fourth-order valence-electron chi connectivity index (χ4n) is 1.41. The Morgan fingerprint density at radius 3 is 2.76 bits per heavy atom. The van der Waals surface area contributed by atoms with E-state index in [0.717, 1.165) is 5.56 Å². The number of carbonyl (C=O) groups is 1. The number of aryl methyl sites for hydroxylation is 1. The number of hydrogen-bond donors (Lipinski definition) is 2. The highest BCUT2D eigenvalue weighted by molar-refractivity contribution is 6.03. The molecule has 5 heteroatoms. The van der Waals surface area contributed by atoms with Crippen molar-refractivity contribution in [1.29, 1.82) is 0 Å². The lowest BCUT2D eigenvalue weighted by molar-refractivity contribution is 0.0996. The Hall–Kier alpha value is -2.30. The van der Waals surface area contributed by atoms with Gasteiger partial charge in [0, 0.05) is 11.3 Å². The van der Waals surface area contributed by atoms with Gasteiger partial charge < -0.3 is 15.5 Å². The Balaban J connectivity index is 2.19. The van der Waals surface area contributed by atoms with E-state index in [1.54, 1.807) is 13.0 Å². The number of nitrogen functional groups attached to an aromatic ring is 1. The highest BCUT2D eigenvalue weighted by Crippen LogP contribution is 2.18. The van der Waals surface area contributed by atoms with Gasteiger partial charge in [-0.15, -0.1) is 0 Å². The molecule has 0 radical (unpaired) electrons. The molecule has 0 spiro atoms. The van der Waals surface area contributed by atoms with Crippen molar-refractivity contribution in [3.05, 3.63) is 47.7 Å². The SMILES string of the molecule is Cc1ccoc1C(=O)Nc1ccc(F)c(N)c1. The first-order valence-corrected chi connectivity index (χ1v) is 4.98. The van der Waals surface area contributed by atoms with Gasteiger partial charge in [-0.05, 0) is 31.2 Å². The molecular formula is C12H11FN2O2. The van der Waals surface area contributed by atoms with E-state index >= 15 is 0 Å². The number of amides is 1. The maximum Gasteiger partial charge on any atom is 0.291 e. The van der Waals surface area contributed by atoms with Crippen LogP contribution < -0.4 is 11.1 Å². The van der Waals surface area contributed by atoms with Crippen molar-refractivity contribution < 1.29 is 13.6 Å². The third-order valence-corrected chi connectivity index (χ3v) is 2.32. The van der Waals surface area contributed by atoms with Gasteiger partial charge in [0.25, 0.3) is 5.91 Å². The molecule has 17 heavy (non-hydrogen) atoms. The number of halogens is 1. The number of carbonyl (C=O) groups excluding carboxylic acids is 1. The first kappa shape index (κ1) is 11.2. The van der Waals surface area contributed by atoms with Crippen LogP contribution in [0.2, 0.25) is 0 Å². The summed E-state index contributed by atoms with van der Waals surface area (Å²) in [6.45, 7) is 1.76. The van der Waals surface area contributed by atoms with Crippen molar-refractivity contribution in [1.82, 2.24) is 0 Å². The zero-order chi connectivity index (χ0) is 12.4. The molecule has 3 N–H and O–H groups in total. The van der Waals surface area contributed by atoms with E-state index in [9.17, 15) is 9.18 Å². The summed E-state index contributed by atoms with van der Waals surface area (Å²) in [7, 11) is 0. The van der Waals surface area contributed by atoms with Crippen molar-refractivity contribution in [3.8, 4) is 0 Å².